The predicted molar refractivity (Wildman–Crippen MR) is 136 cm³/mol. The van der Waals surface area contributed by atoms with Crippen molar-refractivity contribution in [2.75, 3.05) is 12.8 Å². The van der Waals surface area contributed by atoms with Crippen molar-refractivity contribution in [2.45, 2.75) is 20.0 Å². The van der Waals surface area contributed by atoms with Gasteiger partial charge in [-0.3, -0.25) is 19.0 Å². The zero-order valence-corrected chi connectivity index (χ0v) is 19.9. The van der Waals surface area contributed by atoms with E-state index >= 15 is 0 Å². The highest BCUT2D eigenvalue weighted by atomic mass is 16.5. The summed E-state index contributed by atoms with van der Waals surface area (Å²) in [6, 6.07) is 16.3. The summed E-state index contributed by atoms with van der Waals surface area (Å²) in [5.41, 5.74) is 10.0. The minimum absolute atomic E-state index is 0.200. The first-order valence-electron chi connectivity index (χ1n) is 11.4. The Hall–Kier alpha value is -4.79. The van der Waals surface area contributed by atoms with E-state index in [4.69, 9.17) is 15.5 Å². The molecule has 0 saturated carbocycles. The molecule has 0 aliphatic heterocycles. The van der Waals surface area contributed by atoms with Gasteiger partial charge in [0.15, 0.2) is 0 Å². The number of carbonyl (C=O) groups is 1. The first kappa shape index (κ1) is 23.0. The zero-order chi connectivity index (χ0) is 25.2. The average molecular weight is 482 g/mol. The largest absolute Gasteiger partial charge is 0.497 e. The van der Waals surface area contributed by atoms with E-state index in [-0.39, 0.29) is 29.4 Å². The Balaban J connectivity index is 1.63. The van der Waals surface area contributed by atoms with E-state index in [2.05, 4.69) is 10.3 Å². The lowest BCUT2D eigenvalue weighted by atomic mass is 10.1. The number of nitrogens with one attached hydrogen (secondary N) is 1. The summed E-state index contributed by atoms with van der Waals surface area (Å²) < 4.78 is 8.37. The van der Waals surface area contributed by atoms with Crippen LogP contribution >= 0.6 is 0 Å². The van der Waals surface area contributed by atoms with Crippen LogP contribution in [0.3, 0.4) is 0 Å². The molecule has 0 spiro atoms. The van der Waals surface area contributed by atoms with Gasteiger partial charge in [0.2, 0.25) is 11.5 Å². The molecular weight excluding hydrogens is 456 g/mol. The molecule has 0 radical (unpaired) electrons. The van der Waals surface area contributed by atoms with Crippen molar-refractivity contribution < 1.29 is 14.1 Å². The topological polar surface area (TPSA) is 115 Å². The number of rotatable bonds is 6. The number of anilines is 1. The van der Waals surface area contributed by atoms with Crippen LogP contribution in [0.5, 0.6) is 5.75 Å². The van der Waals surface area contributed by atoms with E-state index in [1.165, 1.54) is 10.5 Å². The van der Waals surface area contributed by atoms with Gasteiger partial charge in [0.25, 0.3) is 17.1 Å². The SMILES string of the molecule is COc1ccc(CNC(=O)c2cc3c(=O)n4cccc(C)c4nc3[n+](Cc3cccnc3)c2N)cc1. The van der Waals surface area contributed by atoms with Crippen LogP contribution in [-0.2, 0) is 13.1 Å². The van der Waals surface area contributed by atoms with Crippen molar-refractivity contribution in [1.29, 1.82) is 0 Å². The maximum absolute atomic E-state index is 13.5. The van der Waals surface area contributed by atoms with Crippen LogP contribution in [0.4, 0.5) is 5.82 Å². The van der Waals surface area contributed by atoms with Crippen LogP contribution in [-0.4, -0.2) is 27.4 Å². The van der Waals surface area contributed by atoms with Gasteiger partial charge in [0, 0.05) is 36.3 Å². The third-order valence-corrected chi connectivity index (χ3v) is 6.10. The second kappa shape index (κ2) is 9.46. The van der Waals surface area contributed by atoms with Gasteiger partial charge >= 0.3 is 0 Å². The van der Waals surface area contributed by atoms with Gasteiger partial charge in [0.05, 0.1) is 13.7 Å². The van der Waals surface area contributed by atoms with Crippen LogP contribution in [0.2, 0.25) is 0 Å². The molecule has 9 heteroatoms. The normalized spacial score (nSPS) is 11.1. The van der Waals surface area contributed by atoms with Gasteiger partial charge in [0.1, 0.15) is 16.7 Å². The number of nitrogen functional groups attached to an aromatic ring is 1. The second-order valence-electron chi connectivity index (χ2n) is 8.46. The standard InChI is InChI=1S/C27H24N6O3/c1-17-5-4-12-32-24(17)31-25-22(27(32)35)13-21(23(28)33(25)16-19-6-3-11-29-14-19)26(34)30-15-18-7-9-20(36-2)10-8-18/h3-14,28H,15-16H2,1-2H3,(H,30,34)/p+1. The number of carbonyl (C=O) groups excluding carboxylic acids is 1. The number of hydrogen-bond acceptors (Lipinski definition) is 6. The molecule has 5 aromatic rings. The minimum atomic E-state index is -0.390. The highest BCUT2D eigenvalue weighted by molar-refractivity contribution is 6.00. The zero-order valence-electron chi connectivity index (χ0n) is 19.9. The number of nitrogens with two attached hydrogens (primary N) is 1. The van der Waals surface area contributed by atoms with E-state index in [1.807, 2.05) is 49.4 Å². The van der Waals surface area contributed by atoms with E-state index < -0.39 is 0 Å². The van der Waals surface area contributed by atoms with E-state index in [0.717, 1.165) is 22.4 Å². The molecule has 9 nitrogen and oxygen atoms in total. The fourth-order valence-electron chi connectivity index (χ4n) is 4.15. The summed E-state index contributed by atoms with van der Waals surface area (Å²) in [7, 11) is 1.60. The Kier molecular flexibility index (Phi) is 6.03. The molecule has 1 amide bonds. The third-order valence-electron chi connectivity index (χ3n) is 6.10. The Morgan fingerprint density at radius 1 is 1.14 bits per heavy atom. The Morgan fingerprint density at radius 3 is 2.67 bits per heavy atom. The van der Waals surface area contributed by atoms with Crippen LogP contribution < -0.4 is 25.9 Å². The Bertz CT molecular complexity index is 1650. The monoisotopic (exact) mass is 481 g/mol. The third kappa shape index (κ3) is 4.22. The van der Waals surface area contributed by atoms with Crippen LogP contribution in [0.25, 0.3) is 16.7 Å². The fraction of sp³-hybridized carbons (Fsp3) is 0.148. The number of aryl methyl sites for hydroxylation is 1. The molecule has 36 heavy (non-hydrogen) atoms. The summed E-state index contributed by atoms with van der Waals surface area (Å²) in [6.07, 6.45) is 5.07. The van der Waals surface area contributed by atoms with Crippen molar-refractivity contribution in [2.24, 2.45) is 0 Å². The van der Waals surface area contributed by atoms with Gasteiger partial charge in [-0.2, -0.15) is 0 Å². The average Bonchev–Trinajstić information content (AvgIpc) is 2.90. The first-order valence-corrected chi connectivity index (χ1v) is 11.4. The van der Waals surface area contributed by atoms with Crippen molar-refractivity contribution in [1.82, 2.24) is 19.7 Å². The maximum Gasteiger partial charge on any atom is 0.278 e. The lowest BCUT2D eigenvalue weighted by Gasteiger charge is -2.13. The number of fused-ring (bicyclic) bond motifs is 2. The summed E-state index contributed by atoms with van der Waals surface area (Å²) in [4.78, 5) is 35.7. The number of pyridine rings is 3. The van der Waals surface area contributed by atoms with Crippen molar-refractivity contribution in [3.63, 3.8) is 0 Å². The lowest BCUT2D eigenvalue weighted by Crippen LogP contribution is -2.43. The van der Waals surface area contributed by atoms with E-state index in [1.54, 1.807) is 36.3 Å². The molecule has 0 fully saturated rings. The number of methoxy groups -OCH3 is 1. The van der Waals surface area contributed by atoms with Crippen molar-refractivity contribution in [3.8, 4) is 5.75 Å². The molecule has 0 aliphatic carbocycles. The summed E-state index contributed by atoms with van der Waals surface area (Å²) in [6.45, 7) is 2.48. The summed E-state index contributed by atoms with van der Waals surface area (Å²) >= 11 is 0. The van der Waals surface area contributed by atoms with E-state index in [0.29, 0.717) is 23.2 Å². The molecular formula is C27H25N6O3+. The highest BCUT2D eigenvalue weighted by Gasteiger charge is 2.25. The van der Waals surface area contributed by atoms with Gasteiger partial charge in [-0.15, -0.1) is 0 Å². The fourth-order valence-corrected chi connectivity index (χ4v) is 4.15. The van der Waals surface area contributed by atoms with Gasteiger partial charge < -0.3 is 15.8 Å². The smallest absolute Gasteiger partial charge is 0.278 e. The molecule has 0 bridgehead atoms. The molecule has 5 rings (SSSR count). The number of ether oxygens (including phenoxy) is 1. The number of hydrogen-bond donors (Lipinski definition) is 2. The van der Waals surface area contributed by atoms with Crippen LogP contribution in [0.15, 0.2) is 78.0 Å². The predicted octanol–water partition coefficient (Wildman–Crippen LogP) is 2.41. The first-order chi connectivity index (χ1) is 17.5. The van der Waals surface area contributed by atoms with Gasteiger partial charge in [-0.05, 0) is 42.8 Å². The number of nitrogens with zero attached hydrogens (tertiary/aromatic N) is 4. The molecule has 0 aliphatic rings. The quantitative estimate of drug-likeness (QED) is 0.284. The van der Waals surface area contributed by atoms with Crippen molar-refractivity contribution >= 4 is 28.4 Å². The molecule has 0 unspecified atom stereocenters. The molecule has 0 saturated heterocycles. The lowest BCUT2D eigenvalue weighted by molar-refractivity contribution is -0.649. The number of benzene rings is 1. The summed E-state index contributed by atoms with van der Waals surface area (Å²) in [5.74, 6) is 0.554. The molecule has 1 aromatic carbocycles. The summed E-state index contributed by atoms with van der Waals surface area (Å²) in [5, 5.41) is 3.20. The van der Waals surface area contributed by atoms with Crippen molar-refractivity contribution in [3.05, 3.63) is 106 Å². The second-order valence-corrected chi connectivity index (χ2v) is 8.46. The maximum atomic E-state index is 13.5. The number of amides is 1. The number of aromatic nitrogens is 4. The molecule has 4 heterocycles. The highest BCUT2D eigenvalue weighted by Crippen LogP contribution is 2.17. The van der Waals surface area contributed by atoms with Gasteiger partial charge in [-0.1, -0.05) is 29.2 Å². The molecule has 3 N–H and O–H groups in total. The van der Waals surface area contributed by atoms with Crippen LogP contribution in [0.1, 0.15) is 27.0 Å². The molecule has 180 valence electrons. The Labute approximate surface area is 206 Å². The van der Waals surface area contributed by atoms with E-state index in [9.17, 15) is 9.59 Å². The van der Waals surface area contributed by atoms with Gasteiger partial charge in [-0.25, -0.2) is 4.57 Å². The Morgan fingerprint density at radius 2 is 1.94 bits per heavy atom. The minimum Gasteiger partial charge on any atom is -0.497 e. The molecule has 4 aromatic heterocycles. The van der Waals surface area contributed by atoms with Crippen LogP contribution in [0, 0.1) is 6.92 Å². The molecule has 0 atom stereocenters.